The quantitative estimate of drug-likeness (QED) is 0.577. The van der Waals surface area contributed by atoms with Crippen molar-refractivity contribution in [3.8, 4) is 0 Å². The van der Waals surface area contributed by atoms with E-state index in [2.05, 4.69) is 34.3 Å². The lowest BCUT2D eigenvalue weighted by Gasteiger charge is -2.10. The number of carbonyl (C=O) groups is 1. The Bertz CT molecular complexity index is 435. The third-order valence-corrected chi connectivity index (χ3v) is 2.79. The lowest BCUT2D eigenvalue weighted by Crippen LogP contribution is -2.15. The molecule has 0 spiro atoms. The van der Waals surface area contributed by atoms with Gasteiger partial charge in [0.25, 0.3) is 0 Å². The summed E-state index contributed by atoms with van der Waals surface area (Å²) in [7, 11) is 4.13. The summed E-state index contributed by atoms with van der Waals surface area (Å²) in [6.45, 7) is 5.81. The number of carbonyl (C=O) groups excluding carboxylic acids is 1. The molecule has 1 rings (SSSR count). The molecular formula is C14H24N4O2. The number of hydrogen-bond donors (Lipinski definition) is 1. The van der Waals surface area contributed by atoms with Gasteiger partial charge < -0.3 is 15.0 Å². The molecule has 0 aliphatic carbocycles. The van der Waals surface area contributed by atoms with Crippen molar-refractivity contribution in [2.75, 3.05) is 39.1 Å². The van der Waals surface area contributed by atoms with Crippen LogP contribution in [0.3, 0.4) is 0 Å². The van der Waals surface area contributed by atoms with Crippen molar-refractivity contribution < 1.29 is 9.53 Å². The number of aryl methyl sites for hydroxylation is 1. The van der Waals surface area contributed by atoms with Crippen molar-refractivity contribution in [3.05, 3.63) is 17.5 Å². The van der Waals surface area contributed by atoms with E-state index in [1.165, 1.54) is 6.20 Å². The molecule has 1 aromatic heterocycles. The van der Waals surface area contributed by atoms with Crippen LogP contribution in [0.15, 0.2) is 6.20 Å². The number of nitrogens with zero attached hydrogens (tertiary/aromatic N) is 3. The maximum Gasteiger partial charge on any atom is 0.341 e. The Morgan fingerprint density at radius 2 is 2.15 bits per heavy atom. The van der Waals surface area contributed by atoms with Gasteiger partial charge in [-0.05, 0) is 47.3 Å². The molecule has 0 saturated heterocycles. The second-order valence-electron chi connectivity index (χ2n) is 4.85. The van der Waals surface area contributed by atoms with Crippen molar-refractivity contribution in [2.24, 2.45) is 0 Å². The van der Waals surface area contributed by atoms with Gasteiger partial charge in [0.05, 0.1) is 17.9 Å². The third kappa shape index (κ3) is 5.52. The second-order valence-corrected chi connectivity index (χ2v) is 4.85. The average molecular weight is 280 g/mol. The molecule has 1 aromatic rings. The van der Waals surface area contributed by atoms with E-state index in [-0.39, 0.29) is 5.97 Å². The number of esters is 1. The van der Waals surface area contributed by atoms with E-state index >= 15 is 0 Å². The van der Waals surface area contributed by atoms with Crippen molar-refractivity contribution in [1.29, 1.82) is 0 Å². The lowest BCUT2D eigenvalue weighted by molar-refractivity contribution is 0.0524. The highest BCUT2D eigenvalue weighted by Crippen LogP contribution is 2.08. The Kier molecular flexibility index (Phi) is 6.93. The molecule has 0 amide bonds. The zero-order valence-corrected chi connectivity index (χ0v) is 12.8. The van der Waals surface area contributed by atoms with Crippen LogP contribution in [0.5, 0.6) is 0 Å². The number of rotatable bonds is 8. The first-order chi connectivity index (χ1) is 9.54. The lowest BCUT2D eigenvalue weighted by atomic mass is 10.2. The van der Waals surface area contributed by atoms with Crippen molar-refractivity contribution in [3.63, 3.8) is 0 Å². The van der Waals surface area contributed by atoms with E-state index in [9.17, 15) is 4.79 Å². The summed E-state index contributed by atoms with van der Waals surface area (Å²) in [6, 6.07) is 0. The number of nitrogens with one attached hydrogen (secondary N) is 1. The molecule has 0 atom stereocenters. The SMILES string of the molecule is CCOC(=O)c1cnc(NCCCCN(C)C)nc1C. The first kappa shape index (κ1) is 16.4. The third-order valence-electron chi connectivity index (χ3n) is 2.79. The standard InChI is InChI=1S/C14H24N4O2/c1-5-20-13(19)12-10-16-14(17-11(12)2)15-8-6-7-9-18(3)4/h10H,5-9H2,1-4H3,(H,15,16,17). The van der Waals surface area contributed by atoms with Crippen molar-refractivity contribution in [1.82, 2.24) is 14.9 Å². The van der Waals surface area contributed by atoms with Gasteiger partial charge in [-0.2, -0.15) is 0 Å². The summed E-state index contributed by atoms with van der Waals surface area (Å²) in [6.07, 6.45) is 3.70. The molecule has 0 aromatic carbocycles. The predicted molar refractivity (Wildman–Crippen MR) is 79.0 cm³/mol. The van der Waals surface area contributed by atoms with Crippen LogP contribution in [-0.4, -0.2) is 54.6 Å². The molecule has 0 aliphatic rings. The summed E-state index contributed by atoms with van der Waals surface area (Å²) in [5.41, 5.74) is 1.05. The Hall–Kier alpha value is -1.69. The van der Waals surface area contributed by atoms with Crippen LogP contribution >= 0.6 is 0 Å². The molecule has 0 unspecified atom stereocenters. The molecule has 6 heteroatoms. The van der Waals surface area contributed by atoms with Gasteiger partial charge in [0.15, 0.2) is 0 Å². The smallest absolute Gasteiger partial charge is 0.341 e. The molecule has 1 N–H and O–H groups in total. The number of unbranched alkanes of at least 4 members (excludes halogenated alkanes) is 1. The van der Waals surface area contributed by atoms with Crippen LogP contribution in [0, 0.1) is 6.92 Å². The van der Waals surface area contributed by atoms with Crippen molar-refractivity contribution in [2.45, 2.75) is 26.7 Å². The topological polar surface area (TPSA) is 67.3 Å². The fraction of sp³-hybridized carbons (Fsp3) is 0.643. The maximum absolute atomic E-state index is 11.6. The van der Waals surface area contributed by atoms with Crippen LogP contribution in [0.4, 0.5) is 5.95 Å². The Labute approximate surface area is 120 Å². The minimum Gasteiger partial charge on any atom is -0.462 e. The Balaban J connectivity index is 2.45. The summed E-state index contributed by atoms with van der Waals surface area (Å²) in [5.74, 6) is 0.183. The average Bonchev–Trinajstić information content (AvgIpc) is 2.38. The molecule has 0 saturated carbocycles. The normalized spacial score (nSPS) is 10.7. The van der Waals surface area contributed by atoms with Gasteiger partial charge in [0.2, 0.25) is 5.95 Å². The first-order valence-electron chi connectivity index (χ1n) is 6.94. The fourth-order valence-corrected chi connectivity index (χ4v) is 1.71. The van der Waals surface area contributed by atoms with E-state index in [1.807, 2.05) is 0 Å². The van der Waals surface area contributed by atoms with Crippen LogP contribution < -0.4 is 5.32 Å². The maximum atomic E-state index is 11.6. The molecule has 1 heterocycles. The summed E-state index contributed by atoms with van der Waals surface area (Å²) in [4.78, 5) is 22.2. The van der Waals surface area contributed by atoms with Crippen LogP contribution in [-0.2, 0) is 4.74 Å². The number of hydrogen-bond acceptors (Lipinski definition) is 6. The largest absolute Gasteiger partial charge is 0.462 e. The number of ether oxygens (including phenoxy) is 1. The van der Waals surface area contributed by atoms with Gasteiger partial charge in [-0.25, -0.2) is 14.8 Å². The first-order valence-corrected chi connectivity index (χ1v) is 6.94. The van der Waals surface area contributed by atoms with Gasteiger partial charge in [-0.1, -0.05) is 0 Å². The Morgan fingerprint density at radius 1 is 1.40 bits per heavy atom. The fourth-order valence-electron chi connectivity index (χ4n) is 1.71. The van der Waals surface area contributed by atoms with Crippen molar-refractivity contribution >= 4 is 11.9 Å². The van der Waals surface area contributed by atoms with Gasteiger partial charge in [-0.3, -0.25) is 0 Å². The number of anilines is 1. The molecule has 20 heavy (non-hydrogen) atoms. The highest BCUT2D eigenvalue weighted by Gasteiger charge is 2.12. The Morgan fingerprint density at radius 3 is 2.75 bits per heavy atom. The minimum atomic E-state index is -0.373. The van der Waals surface area contributed by atoms with E-state index in [4.69, 9.17) is 4.74 Å². The summed E-state index contributed by atoms with van der Waals surface area (Å²) in [5, 5.41) is 3.16. The molecule has 0 aliphatic heterocycles. The molecule has 0 radical (unpaired) electrons. The molecular weight excluding hydrogens is 256 g/mol. The van der Waals surface area contributed by atoms with E-state index in [1.54, 1.807) is 13.8 Å². The van der Waals surface area contributed by atoms with Gasteiger partial charge in [0, 0.05) is 12.7 Å². The highest BCUT2D eigenvalue weighted by atomic mass is 16.5. The van der Waals surface area contributed by atoms with E-state index < -0.39 is 0 Å². The minimum absolute atomic E-state index is 0.351. The zero-order valence-electron chi connectivity index (χ0n) is 12.8. The molecule has 0 fully saturated rings. The van der Waals surface area contributed by atoms with Crippen LogP contribution in [0.25, 0.3) is 0 Å². The zero-order chi connectivity index (χ0) is 15.0. The highest BCUT2D eigenvalue weighted by molar-refractivity contribution is 5.90. The summed E-state index contributed by atoms with van der Waals surface area (Å²) < 4.78 is 4.94. The van der Waals surface area contributed by atoms with Gasteiger partial charge in [-0.15, -0.1) is 0 Å². The monoisotopic (exact) mass is 280 g/mol. The van der Waals surface area contributed by atoms with Crippen LogP contribution in [0.2, 0.25) is 0 Å². The van der Waals surface area contributed by atoms with Crippen LogP contribution in [0.1, 0.15) is 35.8 Å². The van der Waals surface area contributed by atoms with Gasteiger partial charge in [0.1, 0.15) is 0 Å². The number of aromatic nitrogens is 2. The molecule has 0 bridgehead atoms. The van der Waals surface area contributed by atoms with Gasteiger partial charge >= 0.3 is 5.97 Å². The predicted octanol–water partition coefficient (Wildman–Crippen LogP) is 1.72. The molecule has 6 nitrogen and oxygen atoms in total. The molecule has 112 valence electrons. The van der Waals surface area contributed by atoms with E-state index in [0.717, 1.165) is 25.9 Å². The van der Waals surface area contributed by atoms with E-state index in [0.29, 0.717) is 23.8 Å². The summed E-state index contributed by atoms with van der Waals surface area (Å²) >= 11 is 0. The second kappa shape index (κ2) is 8.47.